The molecule has 0 aromatic heterocycles. The van der Waals surface area contributed by atoms with E-state index in [1.165, 1.54) is 0 Å². The lowest BCUT2D eigenvalue weighted by Crippen LogP contribution is -2.57. The van der Waals surface area contributed by atoms with Gasteiger partial charge in [-0.2, -0.15) is 0 Å². The van der Waals surface area contributed by atoms with E-state index in [-0.39, 0.29) is 44.3 Å². The van der Waals surface area contributed by atoms with E-state index in [1.807, 2.05) is 30.3 Å². The molecule has 0 radical (unpaired) electrons. The van der Waals surface area contributed by atoms with Crippen LogP contribution in [0.5, 0.6) is 0 Å². The van der Waals surface area contributed by atoms with Gasteiger partial charge in [-0.15, -0.1) is 0 Å². The number of rotatable bonds is 7. The second kappa shape index (κ2) is 11.7. The van der Waals surface area contributed by atoms with Gasteiger partial charge in [-0.3, -0.25) is 24.1 Å². The summed E-state index contributed by atoms with van der Waals surface area (Å²) < 4.78 is 5.18. The zero-order valence-corrected chi connectivity index (χ0v) is 22.5. The monoisotopic (exact) mass is 534 g/mol. The molecular formula is C29H34N4O6. The maximum absolute atomic E-state index is 13.8. The van der Waals surface area contributed by atoms with Gasteiger partial charge >= 0.3 is 6.09 Å². The van der Waals surface area contributed by atoms with E-state index < -0.39 is 29.6 Å². The first-order chi connectivity index (χ1) is 18.5. The van der Waals surface area contributed by atoms with Crippen molar-refractivity contribution >= 4 is 29.7 Å². The van der Waals surface area contributed by atoms with E-state index in [9.17, 15) is 24.0 Å². The molecule has 206 valence electrons. The third-order valence-corrected chi connectivity index (χ3v) is 6.65. The van der Waals surface area contributed by atoms with Gasteiger partial charge in [0.05, 0.1) is 11.1 Å². The number of fused-ring (bicyclic) bond motifs is 1. The van der Waals surface area contributed by atoms with Gasteiger partial charge in [-0.05, 0) is 38.5 Å². The van der Waals surface area contributed by atoms with Crippen molar-refractivity contribution in [2.24, 2.45) is 0 Å². The lowest BCUT2D eigenvalue weighted by Gasteiger charge is -2.38. The number of imide groups is 1. The Morgan fingerprint density at radius 2 is 1.38 bits per heavy atom. The zero-order valence-electron chi connectivity index (χ0n) is 22.5. The molecule has 2 aliphatic rings. The summed E-state index contributed by atoms with van der Waals surface area (Å²) in [6.45, 7) is 6.61. The number of nitrogens with one attached hydrogen (secondary N) is 1. The van der Waals surface area contributed by atoms with E-state index >= 15 is 0 Å². The summed E-state index contributed by atoms with van der Waals surface area (Å²) >= 11 is 0. The van der Waals surface area contributed by atoms with Crippen LogP contribution in [0.3, 0.4) is 0 Å². The maximum atomic E-state index is 13.8. The third-order valence-electron chi connectivity index (χ3n) is 6.65. The summed E-state index contributed by atoms with van der Waals surface area (Å²) in [5.74, 6) is -1.42. The smallest absolute Gasteiger partial charge is 0.407 e. The van der Waals surface area contributed by atoms with Crippen LogP contribution < -0.4 is 5.32 Å². The van der Waals surface area contributed by atoms with Gasteiger partial charge in [0.25, 0.3) is 11.8 Å². The van der Waals surface area contributed by atoms with Gasteiger partial charge < -0.3 is 19.9 Å². The number of hydrogen-bond donors (Lipinski definition) is 1. The molecule has 2 aromatic carbocycles. The molecule has 2 aromatic rings. The molecule has 1 N–H and O–H groups in total. The van der Waals surface area contributed by atoms with Crippen LogP contribution in [0.1, 0.15) is 53.5 Å². The summed E-state index contributed by atoms with van der Waals surface area (Å²) in [4.78, 5) is 69.1. The Morgan fingerprint density at radius 3 is 1.95 bits per heavy atom. The second-order valence-corrected chi connectivity index (χ2v) is 10.6. The van der Waals surface area contributed by atoms with Gasteiger partial charge in [0.1, 0.15) is 11.6 Å². The van der Waals surface area contributed by atoms with Crippen molar-refractivity contribution in [1.82, 2.24) is 20.0 Å². The Hall–Kier alpha value is -4.21. The van der Waals surface area contributed by atoms with E-state index in [0.29, 0.717) is 24.2 Å². The highest BCUT2D eigenvalue weighted by Crippen LogP contribution is 2.27. The third kappa shape index (κ3) is 6.63. The van der Waals surface area contributed by atoms with Crippen molar-refractivity contribution in [2.45, 2.75) is 45.3 Å². The highest BCUT2D eigenvalue weighted by atomic mass is 16.6. The lowest BCUT2D eigenvalue weighted by molar-refractivity contribution is -0.142. The molecule has 4 rings (SSSR count). The Morgan fingerprint density at radius 1 is 0.846 bits per heavy atom. The summed E-state index contributed by atoms with van der Waals surface area (Å²) in [7, 11) is 0. The molecule has 1 saturated heterocycles. The van der Waals surface area contributed by atoms with Crippen LogP contribution in [-0.2, 0) is 20.7 Å². The summed E-state index contributed by atoms with van der Waals surface area (Å²) in [5.41, 5.74) is 0.800. The number of amides is 5. The van der Waals surface area contributed by atoms with Crippen LogP contribution >= 0.6 is 0 Å². The molecule has 0 bridgehead atoms. The minimum absolute atomic E-state index is 0.110. The van der Waals surface area contributed by atoms with Gasteiger partial charge in [0.15, 0.2) is 0 Å². The zero-order chi connectivity index (χ0) is 28.2. The molecule has 1 unspecified atom stereocenters. The molecule has 10 heteroatoms. The number of carbonyl (C=O) groups is 5. The highest BCUT2D eigenvalue weighted by molar-refractivity contribution is 6.22. The van der Waals surface area contributed by atoms with Gasteiger partial charge in [-0.25, -0.2) is 4.79 Å². The predicted octanol–water partition coefficient (Wildman–Crippen LogP) is 2.48. The molecule has 0 saturated carbocycles. The Kier molecular flexibility index (Phi) is 8.32. The molecule has 0 aliphatic carbocycles. The van der Waals surface area contributed by atoms with Gasteiger partial charge in [-0.1, -0.05) is 42.5 Å². The SMILES string of the molecule is CC(C)(C)OC(=O)NCCC(=O)N1CCN(C(=O)C(Cc2ccccc2)N2C(=O)c3ccccc3C2=O)CC1. The van der Waals surface area contributed by atoms with Crippen LogP contribution in [0, 0.1) is 0 Å². The fourth-order valence-corrected chi connectivity index (χ4v) is 4.75. The van der Waals surface area contributed by atoms with Crippen molar-refractivity contribution < 1.29 is 28.7 Å². The average Bonchev–Trinajstić information content (AvgIpc) is 3.16. The molecule has 5 amide bonds. The Balaban J connectivity index is 1.39. The number of alkyl carbamates (subject to hydrolysis) is 1. The first kappa shape index (κ1) is 27.8. The Labute approximate surface area is 227 Å². The normalized spacial score (nSPS) is 16.1. The molecule has 10 nitrogen and oxygen atoms in total. The molecule has 2 heterocycles. The van der Waals surface area contributed by atoms with Crippen LogP contribution in [0.25, 0.3) is 0 Å². The van der Waals surface area contributed by atoms with E-state index in [4.69, 9.17) is 4.74 Å². The number of piperazine rings is 1. The largest absolute Gasteiger partial charge is 0.444 e. The van der Waals surface area contributed by atoms with Crippen LogP contribution in [0.2, 0.25) is 0 Å². The van der Waals surface area contributed by atoms with Crippen LogP contribution in [-0.4, -0.2) is 88.8 Å². The van der Waals surface area contributed by atoms with Crippen molar-refractivity contribution in [1.29, 1.82) is 0 Å². The van der Waals surface area contributed by atoms with Crippen molar-refractivity contribution in [3.8, 4) is 0 Å². The Bertz CT molecular complexity index is 1210. The number of ether oxygens (including phenoxy) is 1. The van der Waals surface area contributed by atoms with Crippen LogP contribution in [0.4, 0.5) is 4.79 Å². The average molecular weight is 535 g/mol. The van der Waals surface area contributed by atoms with E-state index in [1.54, 1.807) is 54.8 Å². The van der Waals surface area contributed by atoms with Crippen molar-refractivity contribution in [2.75, 3.05) is 32.7 Å². The fraction of sp³-hybridized carbons (Fsp3) is 0.414. The molecule has 2 aliphatic heterocycles. The first-order valence-corrected chi connectivity index (χ1v) is 13.1. The first-order valence-electron chi connectivity index (χ1n) is 13.1. The summed E-state index contributed by atoms with van der Waals surface area (Å²) in [6.07, 6.45) is -0.275. The topological polar surface area (TPSA) is 116 Å². The van der Waals surface area contributed by atoms with E-state index in [2.05, 4.69) is 5.32 Å². The second-order valence-electron chi connectivity index (χ2n) is 10.6. The van der Waals surface area contributed by atoms with Crippen LogP contribution in [0.15, 0.2) is 54.6 Å². The quantitative estimate of drug-likeness (QED) is 0.546. The van der Waals surface area contributed by atoms with Gasteiger partial charge in [0.2, 0.25) is 11.8 Å². The minimum Gasteiger partial charge on any atom is -0.444 e. The lowest BCUT2D eigenvalue weighted by atomic mass is 10.0. The summed E-state index contributed by atoms with van der Waals surface area (Å²) in [6, 6.07) is 14.9. The fourth-order valence-electron chi connectivity index (χ4n) is 4.75. The van der Waals surface area contributed by atoms with Gasteiger partial charge in [0, 0.05) is 45.6 Å². The molecule has 1 atom stereocenters. The minimum atomic E-state index is -1.000. The number of nitrogens with zero attached hydrogens (tertiary/aromatic N) is 3. The van der Waals surface area contributed by atoms with E-state index in [0.717, 1.165) is 10.5 Å². The predicted molar refractivity (Wildman–Crippen MR) is 143 cm³/mol. The molecule has 1 fully saturated rings. The number of benzene rings is 2. The molecule has 39 heavy (non-hydrogen) atoms. The summed E-state index contributed by atoms with van der Waals surface area (Å²) in [5, 5.41) is 2.58. The van der Waals surface area contributed by atoms with Crippen molar-refractivity contribution in [3.05, 3.63) is 71.3 Å². The maximum Gasteiger partial charge on any atom is 0.407 e. The molecular weight excluding hydrogens is 500 g/mol. The number of hydrogen-bond acceptors (Lipinski definition) is 6. The molecule has 0 spiro atoms. The standard InChI is InChI=1S/C29H34N4O6/c1-29(2,3)39-28(38)30-14-13-24(34)31-15-17-32(18-16-31)27(37)23(19-20-9-5-4-6-10-20)33-25(35)21-11-7-8-12-22(21)26(33)36/h4-12,23H,13-19H2,1-3H3,(H,30,38). The number of carbonyl (C=O) groups excluding carboxylic acids is 5. The highest BCUT2D eigenvalue weighted by Gasteiger charge is 2.44. The van der Waals surface area contributed by atoms with Crippen molar-refractivity contribution in [3.63, 3.8) is 0 Å².